The van der Waals surface area contributed by atoms with Gasteiger partial charge in [-0.15, -0.1) is 11.3 Å². The van der Waals surface area contributed by atoms with Gasteiger partial charge in [-0.3, -0.25) is 9.69 Å². The Kier molecular flexibility index (Phi) is 4.36. The van der Waals surface area contributed by atoms with E-state index in [1.54, 1.807) is 11.3 Å². The van der Waals surface area contributed by atoms with Gasteiger partial charge < -0.3 is 5.32 Å². The molecule has 0 aliphatic carbocycles. The van der Waals surface area contributed by atoms with Crippen molar-refractivity contribution in [2.75, 3.05) is 13.1 Å². The molecule has 1 atom stereocenters. The third kappa shape index (κ3) is 3.52. The van der Waals surface area contributed by atoms with Crippen molar-refractivity contribution in [3.05, 3.63) is 57.8 Å². The number of carbonyl (C=O) groups is 1. The third-order valence-corrected chi connectivity index (χ3v) is 4.98. The predicted molar refractivity (Wildman–Crippen MR) is 86.3 cm³/mol. The van der Waals surface area contributed by atoms with Gasteiger partial charge in [0.25, 0.3) is 0 Å². The van der Waals surface area contributed by atoms with Crippen molar-refractivity contribution in [2.24, 2.45) is 0 Å². The Labute approximate surface area is 129 Å². The van der Waals surface area contributed by atoms with Crippen LogP contribution in [-0.2, 0) is 17.8 Å². The Hall–Kier alpha value is -1.65. The van der Waals surface area contributed by atoms with Crippen molar-refractivity contribution in [3.8, 4) is 0 Å². The number of nitrogens with one attached hydrogen (secondary N) is 1. The highest BCUT2D eigenvalue weighted by Gasteiger charge is 2.19. The zero-order valence-electron chi connectivity index (χ0n) is 12.2. The smallest absolute Gasteiger partial charge is 0.234 e. The van der Waals surface area contributed by atoms with Gasteiger partial charge in [0.1, 0.15) is 0 Å². The highest BCUT2D eigenvalue weighted by molar-refractivity contribution is 7.10. The van der Waals surface area contributed by atoms with Crippen LogP contribution in [0, 0.1) is 0 Å². The number of carbonyl (C=O) groups excluding carboxylic acids is 1. The molecule has 110 valence electrons. The maximum atomic E-state index is 12.2. The van der Waals surface area contributed by atoms with E-state index < -0.39 is 0 Å². The summed E-state index contributed by atoms with van der Waals surface area (Å²) in [5.74, 6) is 0.107. The molecule has 3 rings (SSSR count). The fourth-order valence-electron chi connectivity index (χ4n) is 2.79. The molecular weight excluding hydrogens is 280 g/mol. The SMILES string of the molecule is C[C@H](NC(=O)CN1CCc2ccccc2C1)c1cccs1. The monoisotopic (exact) mass is 300 g/mol. The normalized spacial score (nSPS) is 16.2. The van der Waals surface area contributed by atoms with Crippen molar-refractivity contribution in [1.29, 1.82) is 0 Å². The molecule has 4 heteroatoms. The zero-order chi connectivity index (χ0) is 14.7. The second-order valence-corrected chi connectivity index (χ2v) is 6.51. The molecule has 1 aliphatic rings. The lowest BCUT2D eigenvalue weighted by Gasteiger charge is -2.28. The van der Waals surface area contributed by atoms with Crippen LogP contribution in [0.15, 0.2) is 41.8 Å². The van der Waals surface area contributed by atoms with Crippen LogP contribution in [0.2, 0.25) is 0 Å². The van der Waals surface area contributed by atoms with Gasteiger partial charge in [-0.2, -0.15) is 0 Å². The summed E-state index contributed by atoms with van der Waals surface area (Å²) >= 11 is 1.68. The maximum Gasteiger partial charge on any atom is 0.234 e. The second kappa shape index (κ2) is 6.41. The molecule has 0 saturated carbocycles. The van der Waals surface area contributed by atoms with Gasteiger partial charge in [0.05, 0.1) is 12.6 Å². The topological polar surface area (TPSA) is 32.3 Å². The molecule has 3 nitrogen and oxygen atoms in total. The van der Waals surface area contributed by atoms with E-state index in [0.29, 0.717) is 6.54 Å². The molecule has 21 heavy (non-hydrogen) atoms. The van der Waals surface area contributed by atoms with Crippen molar-refractivity contribution in [1.82, 2.24) is 10.2 Å². The molecule has 0 saturated heterocycles. The molecule has 2 heterocycles. The van der Waals surface area contributed by atoms with Crippen LogP contribution < -0.4 is 5.32 Å². The van der Waals surface area contributed by atoms with Gasteiger partial charge >= 0.3 is 0 Å². The Bertz CT molecular complexity index is 609. The molecule has 1 aromatic heterocycles. The summed E-state index contributed by atoms with van der Waals surface area (Å²) in [6.07, 6.45) is 1.03. The number of amides is 1. The minimum absolute atomic E-state index is 0.0922. The first kappa shape index (κ1) is 14.3. The summed E-state index contributed by atoms with van der Waals surface area (Å²) in [6, 6.07) is 12.7. The number of hydrogen-bond donors (Lipinski definition) is 1. The molecule has 0 bridgehead atoms. The number of hydrogen-bond acceptors (Lipinski definition) is 3. The largest absolute Gasteiger partial charge is 0.348 e. The van der Waals surface area contributed by atoms with Gasteiger partial charge in [-0.05, 0) is 35.9 Å². The lowest BCUT2D eigenvalue weighted by molar-refractivity contribution is -0.123. The molecule has 2 aromatic rings. The van der Waals surface area contributed by atoms with Gasteiger partial charge in [-0.1, -0.05) is 30.3 Å². The standard InChI is InChI=1S/C17H20N2OS/c1-13(16-7-4-10-21-16)18-17(20)12-19-9-8-14-5-2-3-6-15(14)11-19/h2-7,10,13H,8-9,11-12H2,1H3,(H,18,20)/t13-/m0/s1. The van der Waals surface area contributed by atoms with Crippen LogP contribution in [0.3, 0.4) is 0 Å². The van der Waals surface area contributed by atoms with Crippen LogP contribution >= 0.6 is 11.3 Å². The van der Waals surface area contributed by atoms with E-state index in [-0.39, 0.29) is 11.9 Å². The molecule has 0 unspecified atom stereocenters. The highest BCUT2D eigenvalue weighted by Crippen LogP contribution is 2.19. The molecular formula is C17H20N2OS. The summed E-state index contributed by atoms with van der Waals surface area (Å²) in [5, 5.41) is 5.12. The fourth-order valence-corrected chi connectivity index (χ4v) is 3.52. The maximum absolute atomic E-state index is 12.2. The molecule has 1 N–H and O–H groups in total. The first-order chi connectivity index (χ1) is 10.2. The first-order valence-corrected chi connectivity index (χ1v) is 8.22. The second-order valence-electron chi connectivity index (χ2n) is 5.53. The predicted octanol–water partition coefficient (Wildman–Crippen LogP) is 2.98. The lowest BCUT2D eigenvalue weighted by atomic mass is 10.00. The van der Waals surface area contributed by atoms with E-state index in [1.165, 1.54) is 16.0 Å². The van der Waals surface area contributed by atoms with E-state index in [0.717, 1.165) is 19.5 Å². The molecule has 0 fully saturated rings. The summed E-state index contributed by atoms with van der Waals surface area (Å²) < 4.78 is 0. The molecule has 0 radical (unpaired) electrons. The Morgan fingerprint density at radius 3 is 2.86 bits per heavy atom. The van der Waals surface area contributed by atoms with Crippen LogP contribution in [0.4, 0.5) is 0 Å². The molecule has 1 aromatic carbocycles. The molecule has 1 aliphatic heterocycles. The van der Waals surface area contributed by atoms with E-state index >= 15 is 0 Å². The van der Waals surface area contributed by atoms with Gasteiger partial charge in [0, 0.05) is 18.0 Å². The van der Waals surface area contributed by atoms with Gasteiger partial charge in [0.15, 0.2) is 0 Å². The summed E-state index contributed by atoms with van der Waals surface area (Å²) in [4.78, 5) is 15.6. The van der Waals surface area contributed by atoms with E-state index in [4.69, 9.17) is 0 Å². The summed E-state index contributed by atoms with van der Waals surface area (Å²) in [5.41, 5.74) is 2.77. The summed E-state index contributed by atoms with van der Waals surface area (Å²) in [7, 11) is 0. The first-order valence-electron chi connectivity index (χ1n) is 7.34. The number of thiophene rings is 1. The van der Waals surface area contributed by atoms with E-state index in [9.17, 15) is 4.79 Å². The summed E-state index contributed by atoms with van der Waals surface area (Å²) in [6.45, 7) is 4.34. The van der Waals surface area contributed by atoms with Crippen molar-refractivity contribution >= 4 is 17.2 Å². The van der Waals surface area contributed by atoms with Gasteiger partial charge in [0.2, 0.25) is 5.91 Å². The lowest BCUT2D eigenvalue weighted by Crippen LogP contribution is -2.40. The Morgan fingerprint density at radius 1 is 1.29 bits per heavy atom. The number of rotatable bonds is 4. The Morgan fingerprint density at radius 2 is 2.10 bits per heavy atom. The van der Waals surface area contributed by atoms with Crippen LogP contribution in [0.1, 0.15) is 29.0 Å². The Balaban J connectivity index is 1.54. The number of nitrogens with zero attached hydrogens (tertiary/aromatic N) is 1. The average molecular weight is 300 g/mol. The fraction of sp³-hybridized carbons (Fsp3) is 0.353. The van der Waals surface area contributed by atoms with Crippen molar-refractivity contribution in [2.45, 2.75) is 25.9 Å². The van der Waals surface area contributed by atoms with Crippen molar-refractivity contribution < 1.29 is 4.79 Å². The number of benzene rings is 1. The van der Waals surface area contributed by atoms with E-state index in [2.05, 4.69) is 40.5 Å². The average Bonchev–Trinajstić information content (AvgIpc) is 3.01. The van der Waals surface area contributed by atoms with Gasteiger partial charge in [-0.25, -0.2) is 0 Å². The number of fused-ring (bicyclic) bond motifs is 1. The third-order valence-electron chi connectivity index (χ3n) is 3.92. The quantitative estimate of drug-likeness (QED) is 0.941. The van der Waals surface area contributed by atoms with Crippen molar-refractivity contribution in [3.63, 3.8) is 0 Å². The highest BCUT2D eigenvalue weighted by atomic mass is 32.1. The van der Waals surface area contributed by atoms with E-state index in [1.807, 2.05) is 18.4 Å². The van der Waals surface area contributed by atoms with Crippen LogP contribution in [0.5, 0.6) is 0 Å². The minimum atomic E-state index is 0.0922. The minimum Gasteiger partial charge on any atom is -0.348 e. The van der Waals surface area contributed by atoms with Crippen LogP contribution in [-0.4, -0.2) is 23.9 Å². The zero-order valence-corrected chi connectivity index (χ0v) is 13.0. The molecule has 0 spiro atoms. The molecule has 1 amide bonds. The van der Waals surface area contributed by atoms with Crippen LogP contribution in [0.25, 0.3) is 0 Å².